The molecule has 2 saturated heterocycles. The normalized spacial score (nSPS) is 27.9. The van der Waals surface area contributed by atoms with Crippen LogP contribution in [-0.4, -0.2) is 86.0 Å². The van der Waals surface area contributed by atoms with Crippen LogP contribution >= 0.6 is 46.6 Å². The molecule has 0 saturated carbocycles. The van der Waals surface area contributed by atoms with E-state index in [4.69, 9.17) is 10.3 Å². The van der Waals surface area contributed by atoms with Crippen LogP contribution in [-0.2, 0) is 19.7 Å². The van der Waals surface area contributed by atoms with Crippen molar-refractivity contribution in [1.82, 2.24) is 15.1 Å². The Morgan fingerprint density at radius 1 is 1.37 bits per heavy atom. The van der Waals surface area contributed by atoms with Crippen molar-refractivity contribution in [3.63, 3.8) is 0 Å². The number of β-lactam (4-membered cyclic amide) rings is 1. The van der Waals surface area contributed by atoms with Crippen LogP contribution in [0.2, 0.25) is 0 Å². The minimum absolute atomic E-state index is 0.119. The Morgan fingerprint density at radius 3 is 2.67 bits per heavy atom. The standard InChI is InChI=1S/C12H16N4O6S5/c13-6-7(17)16-3-12(9(18)19,4-24-8(6)16)5-25-11-15-14-10(26-11)23-1-2-27(20,21)22/h6,8H,1-5,13H2,(H,18,19)(H,20,21,22)/t6?,8-,12?/m1/s1. The van der Waals surface area contributed by atoms with E-state index in [0.717, 1.165) is 11.8 Å². The zero-order valence-electron chi connectivity index (χ0n) is 13.7. The molecule has 1 amide bonds. The van der Waals surface area contributed by atoms with E-state index in [1.807, 2.05) is 0 Å². The Morgan fingerprint density at radius 2 is 2.04 bits per heavy atom. The van der Waals surface area contributed by atoms with Crippen molar-refractivity contribution < 1.29 is 27.7 Å². The summed E-state index contributed by atoms with van der Waals surface area (Å²) in [6, 6.07) is -0.556. The number of nitrogens with two attached hydrogens (primary N) is 1. The second-order valence-electron chi connectivity index (χ2n) is 6.04. The van der Waals surface area contributed by atoms with Crippen LogP contribution in [0, 0.1) is 5.41 Å². The molecule has 0 spiro atoms. The fraction of sp³-hybridized carbons (Fsp3) is 0.667. The topological polar surface area (TPSA) is 164 Å². The summed E-state index contributed by atoms with van der Waals surface area (Å²) in [7, 11) is -4.02. The highest BCUT2D eigenvalue weighted by molar-refractivity contribution is 8.03. The molecule has 2 unspecified atom stereocenters. The van der Waals surface area contributed by atoms with Crippen molar-refractivity contribution >= 4 is 68.6 Å². The van der Waals surface area contributed by atoms with Gasteiger partial charge in [-0.2, -0.15) is 8.42 Å². The minimum atomic E-state index is -4.02. The molecule has 0 bridgehead atoms. The van der Waals surface area contributed by atoms with Gasteiger partial charge >= 0.3 is 5.97 Å². The third-order valence-corrected chi connectivity index (χ3v) is 10.1. The number of carboxylic acid groups (broad SMARTS) is 1. The van der Waals surface area contributed by atoms with Crippen LogP contribution in [0.25, 0.3) is 0 Å². The van der Waals surface area contributed by atoms with E-state index < -0.39 is 27.5 Å². The number of fused-ring (bicyclic) bond motifs is 1. The van der Waals surface area contributed by atoms with Gasteiger partial charge in [0.2, 0.25) is 5.91 Å². The van der Waals surface area contributed by atoms with Gasteiger partial charge in [-0.3, -0.25) is 14.1 Å². The Labute approximate surface area is 171 Å². The summed E-state index contributed by atoms with van der Waals surface area (Å²) in [6.45, 7) is 0.119. The molecule has 1 aromatic rings. The number of thioether (sulfide) groups is 3. The third-order valence-electron chi connectivity index (χ3n) is 4.07. The van der Waals surface area contributed by atoms with Crippen LogP contribution < -0.4 is 5.73 Å². The average molecular weight is 473 g/mol. The molecule has 10 nitrogen and oxygen atoms in total. The van der Waals surface area contributed by atoms with Crippen molar-refractivity contribution in [2.75, 3.05) is 29.6 Å². The van der Waals surface area contributed by atoms with E-state index in [0.29, 0.717) is 14.4 Å². The summed E-state index contributed by atoms with van der Waals surface area (Å²) in [4.78, 5) is 25.3. The molecule has 0 aromatic carbocycles. The lowest BCUT2D eigenvalue weighted by Crippen LogP contribution is -2.72. The van der Waals surface area contributed by atoms with Crippen LogP contribution in [0.1, 0.15) is 0 Å². The Balaban J connectivity index is 1.58. The van der Waals surface area contributed by atoms with E-state index in [9.17, 15) is 23.1 Å². The van der Waals surface area contributed by atoms with E-state index in [1.165, 1.54) is 39.8 Å². The summed E-state index contributed by atoms with van der Waals surface area (Å²) in [6.07, 6.45) is 0. The molecule has 150 valence electrons. The molecule has 0 radical (unpaired) electrons. The highest BCUT2D eigenvalue weighted by Gasteiger charge is 2.55. The largest absolute Gasteiger partial charge is 0.481 e. The number of aliphatic carboxylic acids is 1. The predicted molar refractivity (Wildman–Crippen MR) is 104 cm³/mol. The summed E-state index contributed by atoms with van der Waals surface area (Å²) in [5, 5.41) is 17.5. The second-order valence-corrected chi connectivity index (χ2v) is 12.3. The predicted octanol–water partition coefficient (Wildman–Crippen LogP) is -0.0765. The van der Waals surface area contributed by atoms with Crippen molar-refractivity contribution in [1.29, 1.82) is 0 Å². The van der Waals surface area contributed by atoms with Crippen LogP contribution in [0.3, 0.4) is 0 Å². The van der Waals surface area contributed by atoms with Gasteiger partial charge in [0.15, 0.2) is 8.68 Å². The van der Waals surface area contributed by atoms with Gasteiger partial charge in [0.25, 0.3) is 10.1 Å². The number of amides is 1. The van der Waals surface area contributed by atoms with E-state index in [2.05, 4.69) is 10.2 Å². The van der Waals surface area contributed by atoms with Gasteiger partial charge < -0.3 is 15.7 Å². The molecular formula is C12H16N4O6S5. The smallest absolute Gasteiger partial charge is 0.313 e. The lowest BCUT2D eigenvalue weighted by Gasteiger charge is -2.52. The summed E-state index contributed by atoms with van der Waals surface area (Å²) in [5.74, 6) is -0.853. The van der Waals surface area contributed by atoms with E-state index in [-0.39, 0.29) is 35.1 Å². The quantitative estimate of drug-likeness (QED) is 0.262. The maximum Gasteiger partial charge on any atom is 0.313 e. The summed E-state index contributed by atoms with van der Waals surface area (Å²) >= 11 is 5.00. The molecule has 0 aliphatic carbocycles. The number of carbonyl (C=O) groups excluding carboxylic acids is 1. The fourth-order valence-electron chi connectivity index (χ4n) is 2.56. The minimum Gasteiger partial charge on any atom is -0.481 e. The highest BCUT2D eigenvalue weighted by Crippen LogP contribution is 2.44. The maximum atomic E-state index is 11.9. The summed E-state index contributed by atoms with van der Waals surface area (Å²) in [5.41, 5.74) is 4.65. The molecule has 2 aliphatic heterocycles. The van der Waals surface area contributed by atoms with Crippen molar-refractivity contribution in [3.8, 4) is 0 Å². The Kier molecular flexibility index (Phi) is 6.29. The number of hydrogen-bond donors (Lipinski definition) is 3. The second kappa shape index (κ2) is 8.04. The van der Waals surface area contributed by atoms with Gasteiger partial charge in [-0.05, 0) is 0 Å². The number of hydrogen-bond acceptors (Lipinski definition) is 11. The molecule has 15 heteroatoms. The molecule has 3 rings (SSSR count). The first-order chi connectivity index (χ1) is 12.6. The SMILES string of the molecule is NC1C(=O)N2CC(CSc3nnc(SCCS(=O)(=O)O)s3)(C(=O)O)CS[C@H]12. The molecule has 3 heterocycles. The monoisotopic (exact) mass is 472 g/mol. The van der Waals surface area contributed by atoms with E-state index >= 15 is 0 Å². The van der Waals surface area contributed by atoms with Gasteiger partial charge in [-0.15, -0.1) is 22.0 Å². The Hall–Kier alpha value is -0.580. The number of carbonyl (C=O) groups is 2. The summed E-state index contributed by atoms with van der Waals surface area (Å²) < 4.78 is 31.2. The van der Waals surface area contributed by atoms with Crippen molar-refractivity contribution in [3.05, 3.63) is 0 Å². The first kappa shape index (κ1) is 21.1. The lowest BCUT2D eigenvalue weighted by molar-refractivity contribution is -0.155. The first-order valence-electron chi connectivity index (χ1n) is 7.57. The van der Waals surface area contributed by atoms with Gasteiger partial charge in [0.05, 0.1) is 5.75 Å². The van der Waals surface area contributed by atoms with Gasteiger partial charge in [-0.1, -0.05) is 34.9 Å². The van der Waals surface area contributed by atoms with Gasteiger partial charge in [0, 0.05) is 23.8 Å². The number of aromatic nitrogens is 2. The zero-order valence-corrected chi connectivity index (χ0v) is 17.8. The molecule has 1 aromatic heterocycles. The average Bonchev–Trinajstić information content (AvgIpc) is 3.05. The molecule has 2 aliphatic rings. The van der Waals surface area contributed by atoms with Gasteiger partial charge in [-0.25, -0.2) is 0 Å². The molecular weight excluding hydrogens is 456 g/mol. The fourth-order valence-corrected chi connectivity index (χ4v) is 8.28. The maximum absolute atomic E-state index is 11.9. The van der Waals surface area contributed by atoms with E-state index in [1.54, 1.807) is 0 Å². The van der Waals surface area contributed by atoms with Crippen molar-refractivity contribution in [2.24, 2.45) is 11.1 Å². The Bertz CT molecular complexity index is 847. The zero-order chi connectivity index (χ0) is 19.8. The third kappa shape index (κ3) is 4.71. The molecule has 4 N–H and O–H groups in total. The lowest BCUT2D eigenvalue weighted by atomic mass is 9.89. The first-order valence-corrected chi connectivity index (χ1v) is 13.0. The highest BCUT2D eigenvalue weighted by atomic mass is 32.2. The van der Waals surface area contributed by atoms with Crippen LogP contribution in [0.5, 0.6) is 0 Å². The number of rotatable bonds is 8. The number of carboxylic acids is 1. The van der Waals surface area contributed by atoms with Gasteiger partial charge in [0.1, 0.15) is 16.8 Å². The number of nitrogens with zero attached hydrogens (tertiary/aromatic N) is 3. The van der Waals surface area contributed by atoms with Crippen molar-refractivity contribution in [2.45, 2.75) is 20.1 Å². The molecule has 27 heavy (non-hydrogen) atoms. The van der Waals surface area contributed by atoms with Crippen LogP contribution in [0.15, 0.2) is 8.68 Å². The molecule has 3 atom stereocenters. The molecule has 2 fully saturated rings. The van der Waals surface area contributed by atoms with Crippen LogP contribution in [0.4, 0.5) is 0 Å².